The Morgan fingerprint density at radius 1 is 1.50 bits per heavy atom. The van der Waals surface area contributed by atoms with E-state index in [-0.39, 0.29) is 6.54 Å². The molecule has 5 heteroatoms. The molecule has 0 saturated heterocycles. The Kier molecular flexibility index (Phi) is 2.46. The Morgan fingerprint density at radius 3 is 2.93 bits per heavy atom. The van der Waals surface area contributed by atoms with Crippen LogP contribution in [0.15, 0.2) is 0 Å². The molecule has 0 unspecified atom stereocenters. The van der Waals surface area contributed by atoms with Crippen LogP contribution in [0.2, 0.25) is 5.15 Å². The fourth-order valence-corrected chi connectivity index (χ4v) is 2.18. The predicted molar refractivity (Wildman–Crippen MR) is 51.5 cm³/mol. The Hall–Kier alpha value is -1.03. The van der Waals surface area contributed by atoms with Gasteiger partial charge >= 0.3 is 5.97 Å². The molecule has 1 heterocycles. The van der Waals surface area contributed by atoms with E-state index < -0.39 is 5.97 Å². The minimum atomic E-state index is -0.877. The van der Waals surface area contributed by atoms with E-state index in [1.165, 1.54) is 4.68 Å². The molecule has 1 aromatic rings. The van der Waals surface area contributed by atoms with Crippen LogP contribution in [0.1, 0.15) is 24.1 Å². The molecule has 1 aromatic heterocycles. The first-order valence-electron chi connectivity index (χ1n) is 4.64. The highest BCUT2D eigenvalue weighted by Crippen LogP contribution is 2.27. The summed E-state index contributed by atoms with van der Waals surface area (Å²) in [6.45, 7) is -0.0882. The first-order chi connectivity index (χ1) is 6.68. The summed E-state index contributed by atoms with van der Waals surface area (Å²) in [4.78, 5) is 10.6. The molecule has 1 aliphatic rings. The topological polar surface area (TPSA) is 55.1 Å². The summed E-state index contributed by atoms with van der Waals surface area (Å²) in [5.41, 5.74) is 2.04. The van der Waals surface area contributed by atoms with Crippen LogP contribution in [0.25, 0.3) is 0 Å². The van der Waals surface area contributed by atoms with Crippen molar-refractivity contribution in [3.8, 4) is 0 Å². The maximum atomic E-state index is 10.6. The van der Waals surface area contributed by atoms with E-state index in [1.807, 2.05) is 0 Å². The number of halogens is 1. The van der Waals surface area contributed by atoms with Gasteiger partial charge in [0.05, 0.1) is 0 Å². The lowest BCUT2D eigenvalue weighted by Crippen LogP contribution is -2.15. The quantitative estimate of drug-likeness (QED) is 0.812. The van der Waals surface area contributed by atoms with Crippen molar-refractivity contribution in [1.29, 1.82) is 0 Å². The fourth-order valence-electron chi connectivity index (χ4n) is 1.88. The Bertz CT molecular complexity index is 373. The lowest BCUT2D eigenvalue weighted by atomic mass is 9.98. The van der Waals surface area contributed by atoms with Gasteiger partial charge in [-0.3, -0.25) is 9.48 Å². The highest BCUT2D eigenvalue weighted by molar-refractivity contribution is 6.30. The third kappa shape index (κ3) is 1.62. The van der Waals surface area contributed by atoms with E-state index in [0.717, 1.165) is 36.9 Å². The van der Waals surface area contributed by atoms with Crippen molar-refractivity contribution in [1.82, 2.24) is 9.78 Å². The molecule has 76 valence electrons. The van der Waals surface area contributed by atoms with Crippen molar-refractivity contribution in [3.63, 3.8) is 0 Å². The summed E-state index contributed by atoms with van der Waals surface area (Å²) in [7, 11) is 0. The predicted octanol–water partition coefficient (Wildman–Crippen LogP) is 1.50. The van der Waals surface area contributed by atoms with Crippen molar-refractivity contribution < 1.29 is 9.90 Å². The molecule has 0 radical (unpaired) electrons. The van der Waals surface area contributed by atoms with Gasteiger partial charge in [-0.2, -0.15) is 5.10 Å². The third-order valence-corrected chi connectivity index (χ3v) is 2.80. The Balaban J connectivity index is 2.36. The molecule has 0 fully saturated rings. The van der Waals surface area contributed by atoms with Crippen LogP contribution < -0.4 is 0 Å². The molecule has 0 aromatic carbocycles. The summed E-state index contributed by atoms with van der Waals surface area (Å²) in [6.07, 6.45) is 4.02. The van der Waals surface area contributed by atoms with Crippen molar-refractivity contribution in [2.75, 3.05) is 0 Å². The van der Waals surface area contributed by atoms with E-state index in [4.69, 9.17) is 16.7 Å². The van der Waals surface area contributed by atoms with E-state index in [0.29, 0.717) is 5.15 Å². The maximum Gasteiger partial charge on any atom is 0.325 e. The van der Waals surface area contributed by atoms with Crippen LogP contribution in [-0.4, -0.2) is 20.9 Å². The monoisotopic (exact) mass is 214 g/mol. The Morgan fingerprint density at radius 2 is 2.21 bits per heavy atom. The van der Waals surface area contributed by atoms with E-state index >= 15 is 0 Å². The molecular formula is C9H11ClN2O2. The normalized spacial score (nSPS) is 15.2. The van der Waals surface area contributed by atoms with Gasteiger partial charge in [-0.1, -0.05) is 11.6 Å². The summed E-state index contributed by atoms with van der Waals surface area (Å²) in [5.74, 6) is -0.877. The van der Waals surface area contributed by atoms with Gasteiger partial charge in [0.15, 0.2) is 5.15 Å². The van der Waals surface area contributed by atoms with E-state index in [2.05, 4.69) is 5.10 Å². The molecule has 0 amide bonds. The van der Waals surface area contributed by atoms with E-state index in [1.54, 1.807) is 0 Å². The van der Waals surface area contributed by atoms with Gasteiger partial charge in [0.1, 0.15) is 6.54 Å². The number of aliphatic carboxylic acids is 1. The summed E-state index contributed by atoms with van der Waals surface area (Å²) in [6, 6.07) is 0. The summed E-state index contributed by atoms with van der Waals surface area (Å²) in [5, 5.41) is 13.2. The molecule has 0 bridgehead atoms. The largest absolute Gasteiger partial charge is 0.480 e. The third-order valence-electron chi connectivity index (χ3n) is 2.49. The minimum absolute atomic E-state index is 0.0882. The zero-order chi connectivity index (χ0) is 10.1. The number of fused-ring (bicyclic) bond motifs is 1. The molecule has 2 rings (SSSR count). The van der Waals surface area contributed by atoms with Crippen molar-refractivity contribution in [3.05, 3.63) is 16.4 Å². The van der Waals surface area contributed by atoms with Crippen molar-refractivity contribution >= 4 is 17.6 Å². The highest BCUT2D eigenvalue weighted by atomic mass is 35.5. The number of aromatic nitrogens is 2. The second-order valence-electron chi connectivity index (χ2n) is 3.47. The standard InChI is InChI=1S/C9H11ClN2O2/c10-9-6-3-1-2-4-7(6)12(11-9)5-8(13)14/h1-5H2,(H,13,14). The number of hydrogen-bond donors (Lipinski definition) is 1. The molecule has 0 atom stereocenters. The van der Waals surface area contributed by atoms with Crippen LogP contribution in [0.3, 0.4) is 0 Å². The zero-order valence-corrected chi connectivity index (χ0v) is 8.42. The lowest BCUT2D eigenvalue weighted by molar-refractivity contribution is -0.137. The van der Waals surface area contributed by atoms with Gasteiger partial charge in [-0.15, -0.1) is 0 Å². The van der Waals surface area contributed by atoms with Gasteiger partial charge < -0.3 is 5.11 Å². The number of hydrogen-bond acceptors (Lipinski definition) is 2. The van der Waals surface area contributed by atoms with Gasteiger partial charge in [0.25, 0.3) is 0 Å². The smallest absolute Gasteiger partial charge is 0.325 e. The second-order valence-corrected chi connectivity index (χ2v) is 3.83. The maximum absolute atomic E-state index is 10.6. The van der Waals surface area contributed by atoms with Crippen LogP contribution in [0.5, 0.6) is 0 Å². The number of nitrogens with zero attached hydrogens (tertiary/aromatic N) is 2. The van der Waals surface area contributed by atoms with Crippen LogP contribution in [0, 0.1) is 0 Å². The van der Waals surface area contributed by atoms with Crippen molar-refractivity contribution in [2.24, 2.45) is 0 Å². The van der Waals surface area contributed by atoms with Gasteiger partial charge in [0, 0.05) is 11.3 Å². The summed E-state index contributed by atoms with van der Waals surface area (Å²) >= 11 is 5.92. The number of carboxylic acid groups (broad SMARTS) is 1. The zero-order valence-electron chi connectivity index (χ0n) is 7.66. The van der Waals surface area contributed by atoms with Gasteiger partial charge in [0.2, 0.25) is 0 Å². The van der Waals surface area contributed by atoms with Crippen LogP contribution in [0.4, 0.5) is 0 Å². The first-order valence-corrected chi connectivity index (χ1v) is 5.02. The average molecular weight is 215 g/mol. The second kappa shape index (κ2) is 3.61. The minimum Gasteiger partial charge on any atom is -0.480 e. The van der Waals surface area contributed by atoms with Crippen LogP contribution >= 0.6 is 11.6 Å². The molecule has 4 nitrogen and oxygen atoms in total. The molecule has 1 N–H and O–H groups in total. The lowest BCUT2D eigenvalue weighted by Gasteiger charge is -2.12. The van der Waals surface area contributed by atoms with E-state index in [9.17, 15) is 4.79 Å². The van der Waals surface area contributed by atoms with Gasteiger partial charge in [-0.25, -0.2) is 0 Å². The molecule has 14 heavy (non-hydrogen) atoms. The SMILES string of the molecule is O=C(O)Cn1nc(Cl)c2c1CCCC2. The molecule has 0 aliphatic heterocycles. The summed E-state index contributed by atoms with van der Waals surface area (Å²) < 4.78 is 1.51. The molecule has 0 saturated carbocycles. The Labute approximate surface area is 86.5 Å². The number of carbonyl (C=O) groups is 1. The average Bonchev–Trinajstić information content (AvgIpc) is 2.44. The molecule has 0 spiro atoms. The number of rotatable bonds is 2. The van der Waals surface area contributed by atoms with Crippen molar-refractivity contribution in [2.45, 2.75) is 32.2 Å². The molecular weight excluding hydrogens is 204 g/mol. The fraction of sp³-hybridized carbons (Fsp3) is 0.556. The highest BCUT2D eigenvalue weighted by Gasteiger charge is 2.20. The van der Waals surface area contributed by atoms with Gasteiger partial charge in [-0.05, 0) is 25.7 Å². The number of carboxylic acids is 1. The van der Waals surface area contributed by atoms with Crippen LogP contribution in [-0.2, 0) is 24.2 Å². The first kappa shape index (κ1) is 9.52. The molecule has 1 aliphatic carbocycles.